The molecule has 0 aliphatic heterocycles. The Morgan fingerprint density at radius 2 is 1.67 bits per heavy atom. The molecule has 3 aromatic rings. The summed E-state index contributed by atoms with van der Waals surface area (Å²) in [5.41, 5.74) is 3.00. The van der Waals surface area contributed by atoms with Crippen LogP contribution in [-0.4, -0.2) is 30.7 Å². The molecule has 0 saturated heterocycles. The third-order valence-corrected chi connectivity index (χ3v) is 4.06. The highest BCUT2D eigenvalue weighted by atomic mass is 16.5. The molecule has 0 saturated carbocycles. The average Bonchev–Trinajstić information content (AvgIpc) is 2.68. The van der Waals surface area contributed by atoms with Crippen LogP contribution in [0.2, 0.25) is 0 Å². The zero-order valence-corrected chi connectivity index (χ0v) is 15.8. The van der Waals surface area contributed by atoms with Gasteiger partial charge in [0.15, 0.2) is 11.5 Å². The van der Waals surface area contributed by atoms with Gasteiger partial charge in [-0.25, -0.2) is 4.98 Å². The lowest BCUT2D eigenvalue weighted by Crippen LogP contribution is -2.08. The maximum absolute atomic E-state index is 5.34. The van der Waals surface area contributed by atoms with Gasteiger partial charge in [0, 0.05) is 30.1 Å². The number of hydrogen-bond acceptors (Lipinski definition) is 6. The zero-order valence-electron chi connectivity index (χ0n) is 15.8. The van der Waals surface area contributed by atoms with Gasteiger partial charge in [-0.05, 0) is 31.0 Å². The summed E-state index contributed by atoms with van der Waals surface area (Å²) in [6.45, 7) is 2.75. The zero-order chi connectivity index (χ0) is 19.1. The molecule has 0 aliphatic rings. The second kappa shape index (κ2) is 8.89. The van der Waals surface area contributed by atoms with Gasteiger partial charge in [0.05, 0.1) is 14.2 Å². The number of rotatable bonds is 8. The van der Waals surface area contributed by atoms with E-state index >= 15 is 0 Å². The lowest BCUT2D eigenvalue weighted by molar-refractivity contribution is 0.355. The Hall–Kier alpha value is -3.28. The summed E-state index contributed by atoms with van der Waals surface area (Å²) in [5, 5.41) is 6.59. The molecule has 0 atom stereocenters. The molecule has 6 nitrogen and oxygen atoms in total. The van der Waals surface area contributed by atoms with Crippen LogP contribution in [0, 0.1) is 6.92 Å². The van der Waals surface area contributed by atoms with E-state index in [1.807, 2.05) is 37.3 Å². The summed E-state index contributed by atoms with van der Waals surface area (Å²) in [4.78, 5) is 9.01. The maximum atomic E-state index is 5.34. The fourth-order valence-corrected chi connectivity index (χ4v) is 2.74. The molecule has 2 N–H and O–H groups in total. The van der Waals surface area contributed by atoms with E-state index in [1.165, 1.54) is 5.56 Å². The molecule has 0 aliphatic carbocycles. The molecule has 0 bridgehead atoms. The van der Waals surface area contributed by atoms with Crippen LogP contribution in [0.4, 0.5) is 17.5 Å². The van der Waals surface area contributed by atoms with E-state index in [0.29, 0.717) is 17.4 Å². The van der Waals surface area contributed by atoms with E-state index in [4.69, 9.17) is 9.47 Å². The molecule has 27 heavy (non-hydrogen) atoms. The summed E-state index contributed by atoms with van der Waals surface area (Å²) >= 11 is 0. The van der Waals surface area contributed by atoms with Crippen LogP contribution in [0.1, 0.15) is 11.3 Å². The molecule has 3 rings (SSSR count). The van der Waals surface area contributed by atoms with Crippen LogP contribution in [0.3, 0.4) is 0 Å². The van der Waals surface area contributed by atoms with Crippen molar-refractivity contribution in [1.29, 1.82) is 0 Å². The smallest absolute Gasteiger partial charge is 0.229 e. The van der Waals surface area contributed by atoms with Crippen LogP contribution >= 0.6 is 0 Å². The number of methoxy groups -OCH3 is 2. The van der Waals surface area contributed by atoms with Crippen molar-refractivity contribution in [2.75, 3.05) is 31.4 Å². The van der Waals surface area contributed by atoms with E-state index < -0.39 is 0 Å². The van der Waals surface area contributed by atoms with Gasteiger partial charge < -0.3 is 20.1 Å². The first-order valence-corrected chi connectivity index (χ1v) is 8.80. The largest absolute Gasteiger partial charge is 0.493 e. The molecule has 1 aromatic heterocycles. The quantitative estimate of drug-likeness (QED) is 0.624. The molecule has 2 aromatic carbocycles. The van der Waals surface area contributed by atoms with Crippen molar-refractivity contribution >= 4 is 17.5 Å². The van der Waals surface area contributed by atoms with Crippen LogP contribution in [0.25, 0.3) is 0 Å². The van der Waals surface area contributed by atoms with Gasteiger partial charge in [-0.3, -0.25) is 0 Å². The average molecular weight is 364 g/mol. The van der Waals surface area contributed by atoms with Crippen LogP contribution in [-0.2, 0) is 6.42 Å². The fraction of sp³-hybridized carbons (Fsp3) is 0.238. The Bertz CT molecular complexity index is 885. The van der Waals surface area contributed by atoms with E-state index in [-0.39, 0.29) is 0 Å². The number of aromatic nitrogens is 2. The Morgan fingerprint density at radius 3 is 2.41 bits per heavy atom. The first-order chi connectivity index (χ1) is 13.2. The summed E-state index contributed by atoms with van der Waals surface area (Å²) < 4.78 is 10.6. The summed E-state index contributed by atoms with van der Waals surface area (Å²) in [6.07, 6.45) is 0.933. The highest BCUT2D eigenvalue weighted by molar-refractivity contribution is 5.60. The third-order valence-electron chi connectivity index (χ3n) is 4.06. The SMILES string of the molecule is COc1ccc(Nc2nc(C)cc(NCCc3ccccc3)n2)cc1OC. The van der Waals surface area contributed by atoms with Gasteiger partial charge >= 0.3 is 0 Å². The predicted molar refractivity (Wildman–Crippen MR) is 108 cm³/mol. The molecule has 0 amide bonds. The van der Waals surface area contributed by atoms with Crippen molar-refractivity contribution in [3.63, 3.8) is 0 Å². The summed E-state index contributed by atoms with van der Waals surface area (Å²) in [6, 6.07) is 17.9. The van der Waals surface area contributed by atoms with Crippen LogP contribution in [0.15, 0.2) is 54.6 Å². The third kappa shape index (κ3) is 5.10. The summed E-state index contributed by atoms with van der Waals surface area (Å²) in [5.74, 6) is 2.65. The minimum atomic E-state index is 0.532. The van der Waals surface area contributed by atoms with Gasteiger partial charge in [0.1, 0.15) is 5.82 Å². The van der Waals surface area contributed by atoms with Crippen molar-refractivity contribution < 1.29 is 9.47 Å². The number of nitrogens with zero attached hydrogens (tertiary/aromatic N) is 2. The number of nitrogens with one attached hydrogen (secondary N) is 2. The van der Waals surface area contributed by atoms with Crippen LogP contribution in [0.5, 0.6) is 11.5 Å². The first-order valence-electron chi connectivity index (χ1n) is 8.80. The first kappa shape index (κ1) is 18.5. The van der Waals surface area contributed by atoms with Gasteiger partial charge in [-0.2, -0.15) is 4.98 Å². The monoisotopic (exact) mass is 364 g/mol. The second-order valence-electron chi connectivity index (χ2n) is 6.08. The lowest BCUT2D eigenvalue weighted by atomic mass is 10.1. The molecule has 140 valence electrons. The Balaban J connectivity index is 1.68. The molecule has 0 radical (unpaired) electrons. The molecule has 0 spiro atoms. The highest BCUT2D eigenvalue weighted by Gasteiger charge is 2.07. The van der Waals surface area contributed by atoms with Gasteiger partial charge in [0.25, 0.3) is 0 Å². The normalized spacial score (nSPS) is 10.3. The van der Waals surface area contributed by atoms with Gasteiger partial charge in [-0.1, -0.05) is 30.3 Å². The number of aryl methyl sites for hydroxylation is 1. The van der Waals surface area contributed by atoms with Gasteiger partial charge in [0.2, 0.25) is 5.95 Å². The van der Waals surface area contributed by atoms with Crippen molar-refractivity contribution in [1.82, 2.24) is 9.97 Å². The molecule has 0 unspecified atom stereocenters. The van der Waals surface area contributed by atoms with Crippen molar-refractivity contribution in [2.24, 2.45) is 0 Å². The number of benzene rings is 2. The molecular formula is C21H24N4O2. The Kier molecular flexibility index (Phi) is 6.10. The minimum absolute atomic E-state index is 0.532. The number of hydrogen-bond donors (Lipinski definition) is 2. The van der Waals surface area contributed by atoms with Crippen LogP contribution < -0.4 is 20.1 Å². The van der Waals surface area contributed by atoms with E-state index in [1.54, 1.807) is 14.2 Å². The number of anilines is 3. The van der Waals surface area contributed by atoms with E-state index in [9.17, 15) is 0 Å². The minimum Gasteiger partial charge on any atom is -0.493 e. The van der Waals surface area contributed by atoms with Gasteiger partial charge in [-0.15, -0.1) is 0 Å². The molecule has 6 heteroatoms. The highest BCUT2D eigenvalue weighted by Crippen LogP contribution is 2.30. The van der Waals surface area contributed by atoms with E-state index in [2.05, 4.69) is 44.9 Å². The van der Waals surface area contributed by atoms with Crippen molar-refractivity contribution in [3.8, 4) is 11.5 Å². The van der Waals surface area contributed by atoms with E-state index in [0.717, 1.165) is 30.2 Å². The summed E-state index contributed by atoms with van der Waals surface area (Å²) in [7, 11) is 3.22. The fourth-order valence-electron chi connectivity index (χ4n) is 2.74. The lowest BCUT2D eigenvalue weighted by Gasteiger charge is -2.12. The Labute approximate surface area is 159 Å². The molecular weight excluding hydrogens is 340 g/mol. The Morgan fingerprint density at radius 1 is 0.889 bits per heavy atom. The number of ether oxygens (including phenoxy) is 2. The van der Waals surface area contributed by atoms with Crippen molar-refractivity contribution in [3.05, 3.63) is 65.9 Å². The second-order valence-corrected chi connectivity index (χ2v) is 6.08. The molecule has 0 fully saturated rings. The predicted octanol–water partition coefficient (Wildman–Crippen LogP) is 4.20. The maximum Gasteiger partial charge on any atom is 0.229 e. The van der Waals surface area contributed by atoms with Crippen molar-refractivity contribution in [2.45, 2.75) is 13.3 Å². The molecule has 1 heterocycles. The standard InChI is InChI=1S/C21H24N4O2/c1-15-13-20(22-12-11-16-7-5-4-6-8-16)25-21(23-15)24-17-9-10-18(26-2)19(14-17)27-3/h4-10,13-14H,11-12H2,1-3H3,(H2,22,23,24,25). The topological polar surface area (TPSA) is 68.3 Å².